The van der Waals surface area contributed by atoms with Crippen molar-refractivity contribution in [2.75, 3.05) is 0 Å². The van der Waals surface area contributed by atoms with Crippen LogP contribution in [0.3, 0.4) is 0 Å². The fourth-order valence-electron chi connectivity index (χ4n) is 0.946. The van der Waals surface area contributed by atoms with Gasteiger partial charge in [-0.15, -0.1) is 0 Å². The number of aromatic amines is 1. The van der Waals surface area contributed by atoms with E-state index in [-0.39, 0.29) is 16.9 Å². The topological polar surface area (TPSA) is 109 Å². The molecule has 0 unspecified atom stereocenters. The highest BCUT2D eigenvalue weighted by molar-refractivity contribution is 5.87. The molecule has 2 rings (SSSR count). The van der Waals surface area contributed by atoms with Crippen LogP contribution < -0.4 is 5.69 Å². The molecule has 0 bridgehead atoms. The van der Waals surface area contributed by atoms with Gasteiger partial charge < -0.3 is 5.11 Å². The number of rotatable bonds is 1. The first kappa shape index (κ1) is 8.30. The van der Waals surface area contributed by atoms with E-state index in [0.717, 1.165) is 6.20 Å². The van der Waals surface area contributed by atoms with E-state index < -0.39 is 11.7 Å². The summed E-state index contributed by atoms with van der Waals surface area (Å²) < 4.78 is 0. The minimum Gasteiger partial charge on any atom is -0.476 e. The molecule has 0 amide bonds. The number of hydrogen-bond acceptors (Lipinski definition) is 5. The summed E-state index contributed by atoms with van der Waals surface area (Å²) >= 11 is 0. The molecular formula is C7H4N4O3. The Labute approximate surface area is 76.5 Å². The van der Waals surface area contributed by atoms with E-state index in [1.165, 1.54) is 6.20 Å². The Morgan fingerprint density at radius 3 is 2.86 bits per heavy atom. The van der Waals surface area contributed by atoms with Gasteiger partial charge in [-0.25, -0.2) is 19.6 Å². The molecule has 2 aromatic heterocycles. The molecule has 7 heteroatoms. The fourth-order valence-corrected chi connectivity index (χ4v) is 0.946. The average Bonchev–Trinajstić information content (AvgIpc) is 2.16. The highest BCUT2D eigenvalue weighted by Gasteiger charge is 2.06. The maximum atomic E-state index is 10.8. The van der Waals surface area contributed by atoms with Gasteiger partial charge in [-0.1, -0.05) is 0 Å². The molecule has 0 spiro atoms. The largest absolute Gasteiger partial charge is 0.476 e. The Kier molecular flexibility index (Phi) is 1.70. The quantitative estimate of drug-likeness (QED) is 0.625. The van der Waals surface area contributed by atoms with Gasteiger partial charge in [0.2, 0.25) is 0 Å². The summed E-state index contributed by atoms with van der Waals surface area (Å²) in [5.74, 6) is -1.18. The van der Waals surface area contributed by atoms with Crippen molar-refractivity contribution in [3.05, 3.63) is 28.6 Å². The monoisotopic (exact) mass is 192 g/mol. The van der Waals surface area contributed by atoms with Crippen LogP contribution in [0.1, 0.15) is 10.5 Å². The molecule has 70 valence electrons. The molecule has 0 fully saturated rings. The van der Waals surface area contributed by atoms with Crippen LogP contribution in [0.2, 0.25) is 0 Å². The van der Waals surface area contributed by atoms with Gasteiger partial charge in [0.15, 0.2) is 11.3 Å². The maximum Gasteiger partial charge on any atom is 0.356 e. The highest BCUT2D eigenvalue weighted by Crippen LogP contribution is 2.02. The van der Waals surface area contributed by atoms with Gasteiger partial charge in [0, 0.05) is 0 Å². The summed E-state index contributed by atoms with van der Waals surface area (Å²) in [4.78, 5) is 34.4. The second-order valence-corrected chi connectivity index (χ2v) is 2.48. The van der Waals surface area contributed by atoms with Crippen LogP contribution in [-0.4, -0.2) is 31.0 Å². The molecule has 2 heterocycles. The lowest BCUT2D eigenvalue weighted by atomic mass is 10.4. The van der Waals surface area contributed by atoms with Crippen molar-refractivity contribution in [3.63, 3.8) is 0 Å². The van der Waals surface area contributed by atoms with Gasteiger partial charge in [0.1, 0.15) is 5.52 Å². The van der Waals surface area contributed by atoms with Crippen LogP contribution in [0, 0.1) is 0 Å². The number of carbonyl (C=O) groups is 1. The van der Waals surface area contributed by atoms with Crippen LogP contribution in [-0.2, 0) is 0 Å². The summed E-state index contributed by atoms with van der Waals surface area (Å²) in [5.41, 5.74) is -0.277. The van der Waals surface area contributed by atoms with Gasteiger partial charge in [-0.05, 0) is 0 Å². The zero-order valence-electron chi connectivity index (χ0n) is 6.76. The number of nitrogens with zero attached hydrogens (tertiary/aromatic N) is 3. The first-order chi connectivity index (χ1) is 6.66. The molecule has 14 heavy (non-hydrogen) atoms. The highest BCUT2D eigenvalue weighted by atomic mass is 16.4. The third kappa shape index (κ3) is 1.30. The number of carboxylic acids is 1. The predicted octanol–water partition coefficient (Wildman–Crippen LogP) is -0.589. The molecule has 0 atom stereocenters. The second-order valence-electron chi connectivity index (χ2n) is 2.48. The molecule has 0 saturated heterocycles. The molecule has 2 aromatic rings. The van der Waals surface area contributed by atoms with Crippen molar-refractivity contribution in [2.24, 2.45) is 0 Å². The first-order valence-electron chi connectivity index (χ1n) is 3.62. The van der Waals surface area contributed by atoms with Crippen molar-refractivity contribution in [3.8, 4) is 0 Å². The Morgan fingerprint density at radius 2 is 2.14 bits per heavy atom. The molecule has 2 N–H and O–H groups in total. The van der Waals surface area contributed by atoms with E-state index in [1.807, 2.05) is 0 Å². The molecule has 0 aliphatic heterocycles. The predicted molar refractivity (Wildman–Crippen MR) is 44.9 cm³/mol. The zero-order chi connectivity index (χ0) is 10.1. The normalized spacial score (nSPS) is 10.3. The summed E-state index contributed by atoms with van der Waals surface area (Å²) in [6, 6.07) is 0. The summed E-state index contributed by atoms with van der Waals surface area (Å²) in [6.07, 6.45) is 2.24. The van der Waals surface area contributed by atoms with Crippen LogP contribution in [0.25, 0.3) is 11.2 Å². The number of fused-ring (bicyclic) bond motifs is 1. The smallest absolute Gasteiger partial charge is 0.356 e. The number of carboxylic acid groups (broad SMARTS) is 1. The van der Waals surface area contributed by atoms with Crippen LogP contribution in [0.15, 0.2) is 17.2 Å². The fraction of sp³-hybridized carbons (Fsp3) is 0. The van der Waals surface area contributed by atoms with E-state index in [4.69, 9.17) is 5.11 Å². The van der Waals surface area contributed by atoms with Crippen LogP contribution >= 0.6 is 0 Å². The van der Waals surface area contributed by atoms with Gasteiger partial charge >= 0.3 is 11.7 Å². The standard InChI is InChI=1S/C7H4N4O3/c12-6(13)4-2-8-5-3(10-4)1-9-7(14)11-5/h1-2H,(H,12,13)(H,8,9,11,14). The summed E-state index contributed by atoms with van der Waals surface area (Å²) in [5, 5.41) is 8.60. The van der Waals surface area contributed by atoms with Gasteiger partial charge in [0.25, 0.3) is 0 Å². The second kappa shape index (κ2) is 2.87. The van der Waals surface area contributed by atoms with Gasteiger partial charge in [-0.2, -0.15) is 4.98 Å². The van der Waals surface area contributed by atoms with E-state index in [2.05, 4.69) is 19.9 Å². The van der Waals surface area contributed by atoms with Crippen LogP contribution in [0.5, 0.6) is 0 Å². The van der Waals surface area contributed by atoms with E-state index >= 15 is 0 Å². The Morgan fingerprint density at radius 1 is 1.36 bits per heavy atom. The van der Waals surface area contributed by atoms with Gasteiger partial charge in [-0.3, -0.25) is 4.98 Å². The van der Waals surface area contributed by atoms with E-state index in [0.29, 0.717) is 0 Å². The number of H-pyrrole nitrogens is 1. The minimum absolute atomic E-state index is 0.189. The SMILES string of the molecule is O=C(O)c1cnc2[nH]c(=O)ncc2n1. The Hall–Kier alpha value is -2.31. The zero-order valence-corrected chi connectivity index (χ0v) is 6.76. The molecule has 7 nitrogen and oxygen atoms in total. The van der Waals surface area contributed by atoms with Crippen molar-refractivity contribution in [1.82, 2.24) is 19.9 Å². The molecule has 0 radical (unpaired) electrons. The lowest BCUT2D eigenvalue weighted by Gasteiger charge is -1.95. The maximum absolute atomic E-state index is 10.8. The van der Waals surface area contributed by atoms with Crippen molar-refractivity contribution in [1.29, 1.82) is 0 Å². The number of hydrogen-bond donors (Lipinski definition) is 2. The molecule has 0 aromatic carbocycles. The lowest BCUT2D eigenvalue weighted by molar-refractivity contribution is 0.0690. The minimum atomic E-state index is -1.18. The van der Waals surface area contributed by atoms with Crippen LogP contribution in [0.4, 0.5) is 0 Å². The van der Waals surface area contributed by atoms with E-state index in [9.17, 15) is 9.59 Å². The number of aromatic carboxylic acids is 1. The lowest BCUT2D eigenvalue weighted by Crippen LogP contribution is -2.11. The van der Waals surface area contributed by atoms with Crippen molar-refractivity contribution >= 4 is 17.1 Å². The third-order valence-electron chi connectivity index (χ3n) is 1.55. The van der Waals surface area contributed by atoms with Gasteiger partial charge in [0.05, 0.1) is 12.4 Å². The first-order valence-corrected chi connectivity index (χ1v) is 3.62. The Balaban J connectivity index is 2.73. The number of nitrogens with one attached hydrogen (secondary N) is 1. The molecule has 0 aliphatic rings. The Bertz CT molecular complexity index is 562. The molecule has 0 aliphatic carbocycles. The summed E-state index contributed by atoms with van der Waals surface area (Å²) in [7, 11) is 0. The third-order valence-corrected chi connectivity index (χ3v) is 1.55. The van der Waals surface area contributed by atoms with Crippen molar-refractivity contribution < 1.29 is 9.90 Å². The molecular weight excluding hydrogens is 188 g/mol. The molecule has 0 saturated carbocycles. The van der Waals surface area contributed by atoms with E-state index in [1.54, 1.807) is 0 Å². The number of aromatic nitrogens is 4. The average molecular weight is 192 g/mol. The van der Waals surface area contributed by atoms with Crippen molar-refractivity contribution in [2.45, 2.75) is 0 Å². The summed E-state index contributed by atoms with van der Waals surface area (Å²) in [6.45, 7) is 0.